The molecule has 0 N–H and O–H groups in total. The Labute approximate surface area is 152 Å². The maximum absolute atomic E-state index is 4.92. The van der Waals surface area contributed by atoms with E-state index in [2.05, 4.69) is 33.1 Å². The monoisotopic (exact) mass is 350 g/mol. The van der Waals surface area contributed by atoms with Crippen LogP contribution in [0.25, 0.3) is 21.3 Å². The number of likely N-dealkylation sites (tertiary alicyclic amines) is 1. The van der Waals surface area contributed by atoms with Crippen molar-refractivity contribution in [2.75, 3.05) is 13.1 Å². The number of thiazole rings is 1. The van der Waals surface area contributed by atoms with Gasteiger partial charge in [0, 0.05) is 29.9 Å². The first kappa shape index (κ1) is 15.4. The van der Waals surface area contributed by atoms with E-state index in [0.29, 0.717) is 5.92 Å². The standard InChI is InChI=1S/C20H22N4S/c1-2-6-24(7-3-1)17-8-15(9-17)20-23-18-5-4-14(10-19(18)25-20)16-11-21-13-22-12-16/h4-5,10-13,15,17H,1-3,6-9H2. The molecule has 5 rings (SSSR count). The molecular weight excluding hydrogens is 328 g/mol. The first-order valence-corrected chi connectivity index (χ1v) is 10.1. The molecule has 1 aliphatic carbocycles. The van der Waals surface area contributed by atoms with Gasteiger partial charge in [0.25, 0.3) is 0 Å². The zero-order valence-electron chi connectivity index (χ0n) is 14.3. The summed E-state index contributed by atoms with van der Waals surface area (Å²) >= 11 is 1.87. The second kappa shape index (κ2) is 6.46. The van der Waals surface area contributed by atoms with Crippen molar-refractivity contribution in [2.24, 2.45) is 0 Å². The van der Waals surface area contributed by atoms with Gasteiger partial charge in [-0.25, -0.2) is 15.0 Å². The number of hydrogen-bond acceptors (Lipinski definition) is 5. The zero-order valence-corrected chi connectivity index (χ0v) is 15.1. The Morgan fingerprint density at radius 3 is 2.56 bits per heavy atom. The summed E-state index contributed by atoms with van der Waals surface area (Å²) in [7, 11) is 0. The molecule has 2 aliphatic rings. The third kappa shape index (κ3) is 2.96. The lowest BCUT2D eigenvalue weighted by atomic mass is 9.79. The van der Waals surface area contributed by atoms with Crippen molar-refractivity contribution >= 4 is 21.6 Å². The molecule has 3 aromatic rings. The van der Waals surface area contributed by atoms with E-state index in [9.17, 15) is 0 Å². The minimum absolute atomic E-state index is 0.660. The number of aromatic nitrogens is 3. The van der Waals surface area contributed by atoms with Gasteiger partial charge in [0.05, 0.1) is 15.2 Å². The fraction of sp³-hybridized carbons (Fsp3) is 0.450. The number of fused-ring (bicyclic) bond motifs is 1. The lowest BCUT2D eigenvalue weighted by molar-refractivity contribution is 0.0888. The summed E-state index contributed by atoms with van der Waals surface area (Å²) in [5.41, 5.74) is 3.36. The highest BCUT2D eigenvalue weighted by Gasteiger charge is 2.36. The summed E-state index contributed by atoms with van der Waals surface area (Å²) < 4.78 is 1.28. The molecule has 4 nitrogen and oxygen atoms in total. The Balaban J connectivity index is 1.33. The van der Waals surface area contributed by atoms with E-state index in [1.807, 2.05) is 23.7 Å². The van der Waals surface area contributed by atoms with Crippen LogP contribution >= 0.6 is 11.3 Å². The number of benzene rings is 1. The normalized spacial score (nSPS) is 24.3. The van der Waals surface area contributed by atoms with Crippen molar-refractivity contribution in [1.82, 2.24) is 19.9 Å². The van der Waals surface area contributed by atoms with Crippen LogP contribution in [0, 0.1) is 0 Å². The first-order chi connectivity index (χ1) is 12.4. The summed E-state index contributed by atoms with van der Waals surface area (Å²) in [4.78, 5) is 15.9. The zero-order chi connectivity index (χ0) is 16.6. The summed E-state index contributed by atoms with van der Waals surface area (Å²) in [6.07, 6.45) is 12.1. The average molecular weight is 350 g/mol. The molecule has 2 aromatic heterocycles. The van der Waals surface area contributed by atoms with E-state index in [4.69, 9.17) is 4.98 Å². The SMILES string of the molecule is c1ncc(-c2ccc3nc(C4CC(N5CCCCC5)C4)sc3c2)cn1. The molecule has 25 heavy (non-hydrogen) atoms. The predicted octanol–water partition coefficient (Wildman–Crippen LogP) is 4.49. The summed E-state index contributed by atoms with van der Waals surface area (Å²) in [6.45, 7) is 2.61. The molecule has 2 fully saturated rings. The minimum atomic E-state index is 0.660. The first-order valence-electron chi connectivity index (χ1n) is 9.27. The molecule has 1 saturated carbocycles. The van der Waals surface area contributed by atoms with Crippen LogP contribution in [0.4, 0.5) is 0 Å². The van der Waals surface area contributed by atoms with Gasteiger partial charge in [0.1, 0.15) is 6.33 Å². The highest BCUT2D eigenvalue weighted by Crippen LogP contribution is 2.43. The Morgan fingerprint density at radius 1 is 0.960 bits per heavy atom. The number of nitrogens with zero attached hydrogens (tertiary/aromatic N) is 4. The van der Waals surface area contributed by atoms with Crippen LogP contribution in [0.3, 0.4) is 0 Å². The van der Waals surface area contributed by atoms with Crippen LogP contribution < -0.4 is 0 Å². The minimum Gasteiger partial charge on any atom is -0.300 e. The van der Waals surface area contributed by atoms with Gasteiger partial charge in [-0.15, -0.1) is 11.3 Å². The molecule has 3 heterocycles. The molecule has 5 heteroatoms. The Morgan fingerprint density at radius 2 is 1.76 bits per heavy atom. The third-order valence-electron chi connectivity index (χ3n) is 5.67. The van der Waals surface area contributed by atoms with E-state index in [1.165, 1.54) is 60.5 Å². The molecule has 1 aliphatic heterocycles. The van der Waals surface area contributed by atoms with Crippen LogP contribution in [0.5, 0.6) is 0 Å². The average Bonchev–Trinajstić information content (AvgIpc) is 3.04. The molecule has 0 unspecified atom stereocenters. The fourth-order valence-electron chi connectivity index (χ4n) is 4.12. The van der Waals surface area contributed by atoms with Crippen molar-refractivity contribution in [3.8, 4) is 11.1 Å². The highest BCUT2D eigenvalue weighted by atomic mass is 32.1. The van der Waals surface area contributed by atoms with E-state index in [1.54, 1.807) is 6.33 Å². The van der Waals surface area contributed by atoms with Gasteiger partial charge >= 0.3 is 0 Å². The lowest BCUT2D eigenvalue weighted by Crippen LogP contribution is -2.46. The maximum atomic E-state index is 4.92. The van der Waals surface area contributed by atoms with E-state index < -0.39 is 0 Å². The van der Waals surface area contributed by atoms with Gasteiger partial charge in [-0.05, 0) is 56.5 Å². The summed E-state index contributed by atoms with van der Waals surface area (Å²) in [5.74, 6) is 0.660. The molecule has 0 radical (unpaired) electrons. The maximum Gasteiger partial charge on any atom is 0.115 e. The van der Waals surface area contributed by atoms with E-state index >= 15 is 0 Å². The Bertz CT molecular complexity index is 864. The predicted molar refractivity (Wildman–Crippen MR) is 102 cm³/mol. The second-order valence-corrected chi connectivity index (χ2v) is 8.34. The fourth-order valence-corrected chi connectivity index (χ4v) is 5.25. The summed E-state index contributed by atoms with van der Waals surface area (Å²) in [5, 5.41) is 1.32. The van der Waals surface area contributed by atoms with Crippen molar-refractivity contribution in [2.45, 2.75) is 44.1 Å². The number of rotatable bonds is 3. The van der Waals surface area contributed by atoms with E-state index in [0.717, 1.165) is 17.1 Å². The molecule has 1 aromatic carbocycles. The van der Waals surface area contributed by atoms with Crippen LogP contribution in [0.2, 0.25) is 0 Å². The smallest absolute Gasteiger partial charge is 0.115 e. The Hall–Kier alpha value is -1.85. The van der Waals surface area contributed by atoms with Gasteiger partial charge in [0.2, 0.25) is 0 Å². The van der Waals surface area contributed by atoms with Crippen molar-refractivity contribution in [3.05, 3.63) is 41.9 Å². The van der Waals surface area contributed by atoms with Crippen molar-refractivity contribution in [3.63, 3.8) is 0 Å². The van der Waals surface area contributed by atoms with Crippen LogP contribution in [-0.2, 0) is 0 Å². The highest BCUT2D eigenvalue weighted by molar-refractivity contribution is 7.18. The third-order valence-corrected chi connectivity index (χ3v) is 6.85. The summed E-state index contributed by atoms with van der Waals surface area (Å²) in [6, 6.07) is 7.30. The quantitative estimate of drug-likeness (QED) is 0.698. The largest absolute Gasteiger partial charge is 0.300 e. The van der Waals surface area contributed by atoms with Crippen LogP contribution in [0.1, 0.15) is 43.0 Å². The Kier molecular flexibility index (Phi) is 3.98. The van der Waals surface area contributed by atoms with Gasteiger partial charge in [-0.2, -0.15) is 0 Å². The molecule has 0 bridgehead atoms. The molecule has 0 amide bonds. The van der Waals surface area contributed by atoms with Crippen LogP contribution in [0.15, 0.2) is 36.9 Å². The van der Waals surface area contributed by atoms with Gasteiger partial charge in [-0.3, -0.25) is 0 Å². The molecular formula is C20H22N4S. The van der Waals surface area contributed by atoms with E-state index in [-0.39, 0.29) is 0 Å². The van der Waals surface area contributed by atoms with Crippen molar-refractivity contribution in [1.29, 1.82) is 0 Å². The molecule has 128 valence electrons. The van der Waals surface area contributed by atoms with Gasteiger partial charge in [-0.1, -0.05) is 12.5 Å². The topological polar surface area (TPSA) is 41.9 Å². The lowest BCUT2D eigenvalue weighted by Gasteiger charge is -2.43. The molecule has 1 saturated heterocycles. The van der Waals surface area contributed by atoms with Gasteiger partial charge in [0.15, 0.2) is 0 Å². The number of hydrogen-bond donors (Lipinski definition) is 0. The van der Waals surface area contributed by atoms with Crippen LogP contribution in [-0.4, -0.2) is 39.0 Å². The molecule has 0 spiro atoms. The second-order valence-electron chi connectivity index (χ2n) is 7.28. The number of piperidine rings is 1. The van der Waals surface area contributed by atoms with Crippen molar-refractivity contribution < 1.29 is 0 Å². The van der Waals surface area contributed by atoms with Gasteiger partial charge < -0.3 is 4.90 Å². The molecule has 0 atom stereocenters.